The molecule has 0 radical (unpaired) electrons. The van der Waals surface area contributed by atoms with Crippen molar-refractivity contribution in [2.75, 3.05) is 12.5 Å². The number of hydrogen-bond acceptors (Lipinski definition) is 5. The van der Waals surface area contributed by atoms with Crippen LogP contribution >= 0.6 is 11.6 Å². The summed E-state index contributed by atoms with van der Waals surface area (Å²) in [6.45, 7) is 1.66. The Kier molecular flexibility index (Phi) is 5.19. The molecule has 0 aliphatic rings. The van der Waals surface area contributed by atoms with Gasteiger partial charge in [0, 0.05) is 0 Å². The molecule has 0 amide bonds. The number of Topliss-reactive ketones (excluding diaryl/α,β-unsaturated/α-hetero) is 1. The average Bonchev–Trinajstić information content (AvgIpc) is 2.06. The molecule has 5 nitrogen and oxygen atoms in total. The number of carbonyl (C=O) groups is 2. The Morgan fingerprint density at radius 1 is 1.58 bits per heavy atom. The molecule has 0 bridgehead atoms. The van der Waals surface area contributed by atoms with Crippen molar-refractivity contribution >= 4 is 23.4 Å². The highest BCUT2D eigenvalue weighted by Gasteiger charge is 2.27. The molecule has 1 atom stereocenters. The van der Waals surface area contributed by atoms with Gasteiger partial charge in [-0.2, -0.15) is 0 Å². The van der Waals surface area contributed by atoms with Gasteiger partial charge in [0.05, 0.1) is 12.5 Å². The number of alkyl halides is 1. The highest BCUT2D eigenvalue weighted by atomic mass is 35.5. The van der Waals surface area contributed by atoms with Crippen LogP contribution < -0.4 is 0 Å². The van der Waals surface area contributed by atoms with Crippen molar-refractivity contribution in [1.29, 1.82) is 0 Å². The lowest BCUT2D eigenvalue weighted by molar-refractivity contribution is -0.146. The molecule has 1 unspecified atom stereocenters. The molecule has 0 aliphatic heterocycles. The van der Waals surface area contributed by atoms with Crippen LogP contribution in [0.2, 0.25) is 0 Å². The quantitative estimate of drug-likeness (QED) is 0.276. The Hall–Kier alpha value is -0.970. The van der Waals surface area contributed by atoms with Crippen molar-refractivity contribution in [3.05, 3.63) is 4.91 Å². The molecule has 0 rings (SSSR count). The molecule has 0 fully saturated rings. The fourth-order valence-electron chi connectivity index (χ4n) is 0.528. The smallest absolute Gasteiger partial charge is 0.342 e. The number of ketones is 1. The molecule has 68 valence electrons. The minimum absolute atomic E-state index is 0.0976. The summed E-state index contributed by atoms with van der Waals surface area (Å²) in [4.78, 5) is 31.5. The van der Waals surface area contributed by atoms with Gasteiger partial charge in [-0.3, -0.25) is 4.79 Å². The molecule has 0 saturated heterocycles. The lowest BCUT2D eigenvalue weighted by Crippen LogP contribution is -2.30. The standard InChI is InChI=1S/C6H8ClNO4/c1-2-12-6(10)5(8-11)4(9)3-7/h5H,2-3H2,1H3. The Morgan fingerprint density at radius 2 is 2.17 bits per heavy atom. The van der Waals surface area contributed by atoms with Crippen LogP contribution in [0.25, 0.3) is 0 Å². The monoisotopic (exact) mass is 193 g/mol. The zero-order chi connectivity index (χ0) is 9.56. The van der Waals surface area contributed by atoms with Crippen molar-refractivity contribution < 1.29 is 14.3 Å². The molecule has 0 aromatic heterocycles. The summed E-state index contributed by atoms with van der Waals surface area (Å²) in [5.74, 6) is -2.11. The largest absolute Gasteiger partial charge is 0.464 e. The van der Waals surface area contributed by atoms with Crippen molar-refractivity contribution in [1.82, 2.24) is 0 Å². The first kappa shape index (κ1) is 11.0. The van der Waals surface area contributed by atoms with Gasteiger partial charge in [0.15, 0.2) is 5.78 Å². The lowest BCUT2D eigenvalue weighted by atomic mass is 10.2. The molecule has 0 aromatic carbocycles. The molecule has 0 saturated carbocycles. The van der Waals surface area contributed by atoms with E-state index in [4.69, 9.17) is 11.6 Å². The van der Waals surface area contributed by atoms with Gasteiger partial charge in [-0.15, -0.1) is 16.5 Å². The third kappa shape index (κ3) is 2.96. The highest BCUT2D eigenvalue weighted by molar-refractivity contribution is 6.30. The van der Waals surface area contributed by atoms with Gasteiger partial charge in [-0.05, 0) is 12.1 Å². The maximum atomic E-state index is 10.8. The van der Waals surface area contributed by atoms with Crippen LogP contribution in [-0.4, -0.2) is 30.3 Å². The van der Waals surface area contributed by atoms with E-state index in [1.165, 1.54) is 0 Å². The van der Waals surface area contributed by atoms with Crippen LogP contribution in [-0.2, 0) is 14.3 Å². The Morgan fingerprint density at radius 3 is 2.50 bits per heavy atom. The number of rotatable bonds is 5. The number of nitroso groups, excluding NO2 is 1. The number of esters is 1. The number of nitrogens with zero attached hydrogens (tertiary/aromatic N) is 1. The molecule has 0 heterocycles. The van der Waals surface area contributed by atoms with E-state index in [-0.39, 0.29) is 6.61 Å². The van der Waals surface area contributed by atoms with Gasteiger partial charge < -0.3 is 4.74 Å². The van der Waals surface area contributed by atoms with Crippen molar-refractivity contribution in [2.24, 2.45) is 5.18 Å². The van der Waals surface area contributed by atoms with Crippen molar-refractivity contribution in [3.63, 3.8) is 0 Å². The first-order chi connectivity index (χ1) is 5.67. The van der Waals surface area contributed by atoms with Crippen LogP contribution in [0.3, 0.4) is 0 Å². The normalized spacial score (nSPS) is 11.8. The number of ether oxygens (including phenoxy) is 1. The fraction of sp³-hybridized carbons (Fsp3) is 0.667. The second kappa shape index (κ2) is 5.65. The second-order valence-electron chi connectivity index (χ2n) is 1.86. The highest BCUT2D eigenvalue weighted by Crippen LogP contribution is 1.98. The summed E-state index contributed by atoms with van der Waals surface area (Å²) < 4.78 is 4.41. The van der Waals surface area contributed by atoms with Gasteiger partial charge >= 0.3 is 5.97 Å². The van der Waals surface area contributed by atoms with E-state index >= 15 is 0 Å². The maximum Gasteiger partial charge on any atom is 0.342 e. The minimum Gasteiger partial charge on any atom is -0.464 e. The van der Waals surface area contributed by atoms with Gasteiger partial charge in [0.25, 0.3) is 0 Å². The van der Waals surface area contributed by atoms with Gasteiger partial charge in [0.2, 0.25) is 6.04 Å². The molecule has 6 heteroatoms. The summed E-state index contributed by atoms with van der Waals surface area (Å²) in [5.41, 5.74) is 0. The van der Waals surface area contributed by atoms with E-state index in [1.54, 1.807) is 6.92 Å². The van der Waals surface area contributed by atoms with E-state index in [1.807, 2.05) is 0 Å². The predicted octanol–water partition coefficient (Wildman–Crippen LogP) is 0.492. The Labute approximate surface area is 74.0 Å². The van der Waals surface area contributed by atoms with Crippen LogP contribution in [0.15, 0.2) is 5.18 Å². The number of carbonyl (C=O) groups excluding carboxylic acids is 2. The summed E-state index contributed by atoms with van der Waals surface area (Å²) in [5, 5.41) is 2.32. The van der Waals surface area contributed by atoms with E-state index in [2.05, 4.69) is 9.91 Å². The van der Waals surface area contributed by atoms with Gasteiger partial charge in [-0.25, -0.2) is 4.79 Å². The Bertz CT molecular complexity index is 194. The number of hydrogen-bond donors (Lipinski definition) is 0. The maximum absolute atomic E-state index is 10.8. The summed E-state index contributed by atoms with van der Waals surface area (Å²) in [6.07, 6.45) is 0. The molecule has 0 aliphatic carbocycles. The topological polar surface area (TPSA) is 72.8 Å². The Balaban J connectivity index is 4.23. The summed E-state index contributed by atoms with van der Waals surface area (Å²) in [7, 11) is 0. The molecule has 0 aromatic rings. The first-order valence-corrected chi connectivity index (χ1v) is 3.78. The molecule has 12 heavy (non-hydrogen) atoms. The molecule has 0 spiro atoms. The molecule has 0 N–H and O–H groups in total. The zero-order valence-corrected chi connectivity index (χ0v) is 7.21. The predicted molar refractivity (Wildman–Crippen MR) is 41.9 cm³/mol. The van der Waals surface area contributed by atoms with E-state index < -0.39 is 23.7 Å². The lowest BCUT2D eigenvalue weighted by Gasteiger charge is -2.04. The number of halogens is 1. The van der Waals surface area contributed by atoms with E-state index in [0.717, 1.165) is 0 Å². The first-order valence-electron chi connectivity index (χ1n) is 3.25. The summed E-state index contributed by atoms with van der Waals surface area (Å²) >= 11 is 5.11. The van der Waals surface area contributed by atoms with E-state index in [0.29, 0.717) is 0 Å². The van der Waals surface area contributed by atoms with E-state index in [9.17, 15) is 14.5 Å². The third-order valence-corrected chi connectivity index (χ3v) is 1.32. The molecular weight excluding hydrogens is 186 g/mol. The van der Waals surface area contributed by atoms with Gasteiger partial charge in [0.1, 0.15) is 0 Å². The van der Waals surface area contributed by atoms with Crippen LogP contribution in [0, 0.1) is 4.91 Å². The zero-order valence-electron chi connectivity index (χ0n) is 6.45. The second-order valence-corrected chi connectivity index (χ2v) is 2.13. The van der Waals surface area contributed by atoms with Crippen molar-refractivity contribution in [2.45, 2.75) is 13.0 Å². The van der Waals surface area contributed by atoms with Gasteiger partial charge in [-0.1, -0.05) is 0 Å². The van der Waals surface area contributed by atoms with Crippen LogP contribution in [0.1, 0.15) is 6.92 Å². The summed E-state index contributed by atoms with van der Waals surface area (Å²) in [6, 6.07) is -1.61. The fourth-order valence-corrected chi connectivity index (χ4v) is 0.674. The van der Waals surface area contributed by atoms with Crippen LogP contribution in [0.5, 0.6) is 0 Å². The van der Waals surface area contributed by atoms with Crippen LogP contribution in [0.4, 0.5) is 0 Å². The third-order valence-electron chi connectivity index (χ3n) is 1.05. The van der Waals surface area contributed by atoms with Crippen molar-refractivity contribution in [3.8, 4) is 0 Å². The minimum atomic E-state index is -1.61. The molecular formula is C6H8ClNO4. The SMILES string of the molecule is CCOC(=O)C(N=O)C(=O)CCl. The average molecular weight is 194 g/mol.